The van der Waals surface area contributed by atoms with Crippen molar-refractivity contribution in [1.82, 2.24) is 0 Å². The standard InChI is InChI=1S/C22H42O4/c1-17(2)15-19(5)11-13-25-21(23)9-7-8-10-22(24)26-14-12-20(6)16-18(3)4/h17-20H,7-16H2,1-6H3. The van der Waals surface area contributed by atoms with Gasteiger partial charge in [-0.25, -0.2) is 0 Å². The highest BCUT2D eigenvalue weighted by molar-refractivity contribution is 5.70. The van der Waals surface area contributed by atoms with Crippen LogP contribution < -0.4 is 0 Å². The number of carbonyl (C=O) groups is 2. The maximum atomic E-state index is 11.7. The second kappa shape index (κ2) is 15.0. The predicted molar refractivity (Wildman–Crippen MR) is 107 cm³/mol. The Morgan fingerprint density at radius 2 is 1.00 bits per heavy atom. The average molecular weight is 371 g/mol. The lowest BCUT2D eigenvalue weighted by Crippen LogP contribution is -2.11. The van der Waals surface area contributed by atoms with E-state index in [1.807, 2.05) is 0 Å². The Labute approximate surface area is 161 Å². The third kappa shape index (κ3) is 16.4. The van der Waals surface area contributed by atoms with Crippen molar-refractivity contribution in [2.75, 3.05) is 13.2 Å². The second-order valence-corrected chi connectivity index (χ2v) is 8.69. The molecule has 0 spiro atoms. The first-order chi connectivity index (χ1) is 12.2. The minimum Gasteiger partial charge on any atom is -0.466 e. The van der Waals surface area contributed by atoms with Crippen molar-refractivity contribution < 1.29 is 19.1 Å². The van der Waals surface area contributed by atoms with Crippen LogP contribution in [0.3, 0.4) is 0 Å². The SMILES string of the molecule is CC(C)CC(C)CCOC(=O)CCCCC(=O)OCCC(C)CC(C)C. The van der Waals surface area contributed by atoms with Crippen molar-refractivity contribution in [3.63, 3.8) is 0 Å². The lowest BCUT2D eigenvalue weighted by atomic mass is 9.96. The molecule has 0 radical (unpaired) electrons. The van der Waals surface area contributed by atoms with Gasteiger partial charge < -0.3 is 9.47 Å². The Bertz CT molecular complexity index is 340. The van der Waals surface area contributed by atoms with Gasteiger partial charge in [-0.3, -0.25) is 9.59 Å². The Balaban J connectivity index is 3.57. The summed E-state index contributed by atoms with van der Waals surface area (Å²) >= 11 is 0. The molecule has 0 aromatic rings. The van der Waals surface area contributed by atoms with E-state index in [0.717, 1.165) is 25.7 Å². The zero-order chi connectivity index (χ0) is 19.9. The summed E-state index contributed by atoms with van der Waals surface area (Å²) in [6.07, 6.45) is 6.30. The summed E-state index contributed by atoms with van der Waals surface area (Å²) in [5.74, 6) is 2.22. The van der Waals surface area contributed by atoms with E-state index in [1.54, 1.807) is 0 Å². The first-order valence-corrected chi connectivity index (χ1v) is 10.5. The first kappa shape index (κ1) is 24.9. The van der Waals surface area contributed by atoms with E-state index < -0.39 is 0 Å². The molecule has 0 fully saturated rings. The van der Waals surface area contributed by atoms with Crippen LogP contribution in [0.5, 0.6) is 0 Å². The van der Waals surface area contributed by atoms with Crippen molar-refractivity contribution in [2.24, 2.45) is 23.7 Å². The van der Waals surface area contributed by atoms with Gasteiger partial charge >= 0.3 is 11.9 Å². The zero-order valence-corrected chi connectivity index (χ0v) is 18.0. The van der Waals surface area contributed by atoms with E-state index in [2.05, 4.69) is 41.5 Å². The summed E-state index contributed by atoms with van der Waals surface area (Å²) in [6, 6.07) is 0. The highest BCUT2D eigenvalue weighted by atomic mass is 16.5. The highest BCUT2D eigenvalue weighted by Gasteiger charge is 2.10. The van der Waals surface area contributed by atoms with Gasteiger partial charge in [0.2, 0.25) is 0 Å². The minimum absolute atomic E-state index is 0.155. The van der Waals surface area contributed by atoms with Gasteiger partial charge in [0.15, 0.2) is 0 Å². The molecule has 0 saturated heterocycles. The molecule has 0 heterocycles. The highest BCUT2D eigenvalue weighted by Crippen LogP contribution is 2.15. The molecule has 4 heteroatoms. The maximum Gasteiger partial charge on any atom is 0.305 e. The molecule has 4 nitrogen and oxygen atoms in total. The summed E-state index contributed by atoms with van der Waals surface area (Å²) in [7, 11) is 0. The summed E-state index contributed by atoms with van der Waals surface area (Å²) in [5, 5.41) is 0. The largest absolute Gasteiger partial charge is 0.466 e. The number of unbranched alkanes of at least 4 members (excludes halogenated alkanes) is 1. The Morgan fingerprint density at radius 1 is 0.654 bits per heavy atom. The van der Waals surface area contributed by atoms with Crippen LogP contribution >= 0.6 is 0 Å². The number of rotatable bonds is 15. The van der Waals surface area contributed by atoms with Gasteiger partial charge in [0.25, 0.3) is 0 Å². The number of hydrogen-bond donors (Lipinski definition) is 0. The van der Waals surface area contributed by atoms with Gasteiger partial charge in [0, 0.05) is 12.8 Å². The molecule has 0 aliphatic rings. The van der Waals surface area contributed by atoms with Crippen LogP contribution in [0.4, 0.5) is 0 Å². The molecule has 0 amide bonds. The number of carbonyl (C=O) groups excluding carboxylic acids is 2. The molecule has 0 N–H and O–H groups in total. The van der Waals surface area contributed by atoms with Crippen molar-refractivity contribution in [2.45, 2.75) is 92.9 Å². The van der Waals surface area contributed by atoms with Gasteiger partial charge in [-0.15, -0.1) is 0 Å². The molecule has 0 saturated carbocycles. The van der Waals surface area contributed by atoms with E-state index >= 15 is 0 Å². The van der Waals surface area contributed by atoms with Crippen LogP contribution in [-0.2, 0) is 19.1 Å². The molecular formula is C22H42O4. The maximum absolute atomic E-state index is 11.7. The molecule has 2 unspecified atom stereocenters. The summed E-state index contributed by atoms with van der Waals surface area (Å²) < 4.78 is 10.5. The molecule has 2 atom stereocenters. The van der Waals surface area contributed by atoms with Crippen LogP contribution in [0.2, 0.25) is 0 Å². The monoisotopic (exact) mass is 370 g/mol. The summed E-state index contributed by atoms with van der Waals surface area (Å²) in [4.78, 5) is 23.4. The van der Waals surface area contributed by atoms with Crippen molar-refractivity contribution in [3.05, 3.63) is 0 Å². The van der Waals surface area contributed by atoms with E-state index in [4.69, 9.17) is 9.47 Å². The zero-order valence-electron chi connectivity index (χ0n) is 18.0. The van der Waals surface area contributed by atoms with Gasteiger partial charge in [0.05, 0.1) is 13.2 Å². The van der Waals surface area contributed by atoms with Crippen LogP contribution in [0.15, 0.2) is 0 Å². The van der Waals surface area contributed by atoms with Crippen molar-refractivity contribution >= 4 is 11.9 Å². The van der Waals surface area contributed by atoms with E-state index in [0.29, 0.717) is 62.6 Å². The number of hydrogen-bond acceptors (Lipinski definition) is 4. The first-order valence-electron chi connectivity index (χ1n) is 10.5. The van der Waals surface area contributed by atoms with Gasteiger partial charge in [0.1, 0.15) is 0 Å². The van der Waals surface area contributed by atoms with E-state index in [1.165, 1.54) is 0 Å². The third-order valence-electron chi connectivity index (χ3n) is 4.51. The fourth-order valence-corrected chi connectivity index (χ4v) is 3.28. The Kier molecular flexibility index (Phi) is 14.4. The Hall–Kier alpha value is -1.06. The van der Waals surface area contributed by atoms with E-state index in [9.17, 15) is 9.59 Å². The van der Waals surface area contributed by atoms with E-state index in [-0.39, 0.29) is 11.9 Å². The molecule has 26 heavy (non-hydrogen) atoms. The summed E-state index contributed by atoms with van der Waals surface area (Å²) in [5.41, 5.74) is 0. The molecule has 0 aromatic carbocycles. The minimum atomic E-state index is -0.155. The van der Waals surface area contributed by atoms with Crippen LogP contribution in [0.25, 0.3) is 0 Å². The second-order valence-electron chi connectivity index (χ2n) is 8.69. The third-order valence-corrected chi connectivity index (χ3v) is 4.51. The smallest absolute Gasteiger partial charge is 0.305 e. The molecule has 0 aromatic heterocycles. The quantitative estimate of drug-likeness (QED) is 0.271. The van der Waals surface area contributed by atoms with Crippen LogP contribution in [0.1, 0.15) is 92.9 Å². The van der Waals surface area contributed by atoms with Crippen molar-refractivity contribution in [1.29, 1.82) is 0 Å². The number of esters is 2. The lowest BCUT2D eigenvalue weighted by Gasteiger charge is -2.14. The predicted octanol–water partition coefficient (Wildman–Crippen LogP) is 5.78. The molecular weight excluding hydrogens is 328 g/mol. The number of ether oxygens (including phenoxy) is 2. The van der Waals surface area contributed by atoms with Crippen molar-refractivity contribution in [3.8, 4) is 0 Å². The fraction of sp³-hybridized carbons (Fsp3) is 0.909. The van der Waals surface area contributed by atoms with Gasteiger partial charge in [-0.05, 0) is 62.2 Å². The molecule has 0 bridgehead atoms. The van der Waals surface area contributed by atoms with Crippen LogP contribution in [-0.4, -0.2) is 25.2 Å². The van der Waals surface area contributed by atoms with Crippen LogP contribution in [0, 0.1) is 23.7 Å². The lowest BCUT2D eigenvalue weighted by molar-refractivity contribution is -0.146. The molecule has 0 rings (SSSR count). The average Bonchev–Trinajstić information content (AvgIpc) is 2.50. The normalized spacial score (nSPS) is 13.7. The van der Waals surface area contributed by atoms with Gasteiger partial charge in [-0.1, -0.05) is 41.5 Å². The summed E-state index contributed by atoms with van der Waals surface area (Å²) in [6.45, 7) is 14.2. The molecule has 0 aliphatic carbocycles. The fourth-order valence-electron chi connectivity index (χ4n) is 3.28. The Morgan fingerprint density at radius 3 is 1.31 bits per heavy atom. The molecule has 154 valence electrons. The topological polar surface area (TPSA) is 52.6 Å². The molecule has 0 aliphatic heterocycles. The van der Waals surface area contributed by atoms with Gasteiger partial charge in [-0.2, -0.15) is 0 Å².